The largest absolute Gasteiger partial charge is 0.481 e. The van der Waals surface area contributed by atoms with E-state index in [0.717, 1.165) is 24.7 Å². The van der Waals surface area contributed by atoms with Crippen molar-refractivity contribution in [2.45, 2.75) is 110 Å². The van der Waals surface area contributed by atoms with E-state index >= 15 is 0 Å². The smallest absolute Gasteiger partial charge is 0.303 e. The number of carboxylic acid groups (broad SMARTS) is 1. The number of carbonyl (C=O) groups is 1. The van der Waals surface area contributed by atoms with Crippen molar-refractivity contribution in [1.29, 1.82) is 0 Å². The van der Waals surface area contributed by atoms with Crippen LogP contribution in [-0.2, 0) is 4.79 Å². The lowest BCUT2D eigenvalue weighted by molar-refractivity contribution is -0.137. The van der Waals surface area contributed by atoms with Crippen LogP contribution in [0.3, 0.4) is 0 Å². The Kier molecular flexibility index (Phi) is 11.5. The second-order valence-corrected chi connectivity index (χ2v) is 7.35. The highest BCUT2D eigenvalue weighted by Crippen LogP contribution is 2.38. The van der Waals surface area contributed by atoms with E-state index < -0.39 is 5.97 Å². The van der Waals surface area contributed by atoms with Gasteiger partial charge >= 0.3 is 5.97 Å². The monoisotopic (exact) mass is 310 g/mol. The third-order valence-electron chi connectivity index (χ3n) is 5.46. The van der Waals surface area contributed by atoms with E-state index in [9.17, 15) is 4.79 Å². The lowest BCUT2D eigenvalue weighted by atomic mass is 9.87. The first-order valence-corrected chi connectivity index (χ1v) is 9.95. The molecule has 0 aromatic rings. The van der Waals surface area contributed by atoms with Gasteiger partial charge in [0, 0.05) is 6.42 Å². The van der Waals surface area contributed by atoms with Crippen molar-refractivity contribution in [3.8, 4) is 0 Å². The van der Waals surface area contributed by atoms with Crippen LogP contribution >= 0.6 is 0 Å². The standard InChI is InChI=1S/C20H38O2/c1-2-3-4-9-13-18-15-12-16-19(18)14-10-7-5-6-8-11-17-20(21)22/h18-19H,2-17H2,1H3,(H,21,22). The van der Waals surface area contributed by atoms with E-state index in [1.54, 1.807) is 0 Å². The van der Waals surface area contributed by atoms with Crippen LogP contribution in [0.2, 0.25) is 0 Å². The molecule has 0 spiro atoms. The first-order chi connectivity index (χ1) is 10.7. The van der Waals surface area contributed by atoms with E-state index in [1.165, 1.54) is 83.5 Å². The zero-order chi connectivity index (χ0) is 16.0. The van der Waals surface area contributed by atoms with Crippen LogP contribution in [0.15, 0.2) is 0 Å². The number of unbranched alkanes of at least 4 members (excludes halogenated alkanes) is 8. The third-order valence-corrected chi connectivity index (χ3v) is 5.46. The van der Waals surface area contributed by atoms with E-state index in [2.05, 4.69) is 6.92 Å². The van der Waals surface area contributed by atoms with Crippen LogP contribution in [0.25, 0.3) is 0 Å². The number of hydrogen-bond donors (Lipinski definition) is 1. The third kappa shape index (κ3) is 9.48. The Morgan fingerprint density at radius 2 is 1.32 bits per heavy atom. The Balaban J connectivity index is 1.95. The van der Waals surface area contributed by atoms with E-state index in [4.69, 9.17) is 5.11 Å². The van der Waals surface area contributed by atoms with Gasteiger partial charge in [0.05, 0.1) is 0 Å². The summed E-state index contributed by atoms with van der Waals surface area (Å²) in [6.45, 7) is 2.29. The highest BCUT2D eigenvalue weighted by molar-refractivity contribution is 5.66. The van der Waals surface area contributed by atoms with Gasteiger partial charge in [-0.05, 0) is 18.3 Å². The van der Waals surface area contributed by atoms with E-state index in [1.807, 2.05) is 0 Å². The van der Waals surface area contributed by atoms with Crippen molar-refractivity contribution >= 4 is 5.97 Å². The van der Waals surface area contributed by atoms with Crippen molar-refractivity contribution in [2.24, 2.45) is 11.8 Å². The molecule has 0 saturated heterocycles. The summed E-state index contributed by atoms with van der Waals surface area (Å²) < 4.78 is 0. The van der Waals surface area contributed by atoms with Gasteiger partial charge in [-0.1, -0.05) is 96.8 Å². The van der Waals surface area contributed by atoms with Gasteiger partial charge in [0.1, 0.15) is 0 Å². The normalized spacial score (nSPS) is 21.3. The van der Waals surface area contributed by atoms with Gasteiger partial charge in [-0.25, -0.2) is 0 Å². The summed E-state index contributed by atoms with van der Waals surface area (Å²) >= 11 is 0. The fourth-order valence-corrected chi connectivity index (χ4v) is 4.10. The van der Waals surface area contributed by atoms with Gasteiger partial charge in [-0.3, -0.25) is 4.79 Å². The van der Waals surface area contributed by atoms with Gasteiger partial charge in [-0.15, -0.1) is 0 Å². The lowest BCUT2D eigenvalue weighted by Gasteiger charge is -2.19. The van der Waals surface area contributed by atoms with Crippen LogP contribution in [-0.4, -0.2) is 11.1 Å². The molecule has 2 nitrogen and oxygen atoms in total. The van der Waals surface area contributed by atoms with Crippen LogP contribution in [0.5, 0.6) is 0 Å². The van der Waals surface area contributed by atoms with Crippen molar-refractivity contribution in [3.63, 3.8) is 0 Å². The molecule has 2 heteroatoms. The number of hydrogen-bond acceptors (Lipinski definition) is 1. The molecule has 0 amide bonds. The first kappa shape index (κ1) is 19.5. The van der Waals surface area contributed by atoms with Crippen LogP contribution in [0.4, 0.5) is 0 Å². The van der Waals surface area contributed by atoms with E-state index in [0.29, 0.717) is 6.42 Å². The molecule has 1 rings (SSSR count). The summed E-state index contributed by atoms with van der Waals surface area (Å²) in [5.74, 6) is 1.41. The van der Waals surface area contributed by atoms with Crippen molar-refractivity contribution < 1.29 is 9.90 Å². The summed E-state index contributed by atoms with van der Waals surface area (Å²) in [6, 6.07) is 0. The maximum atomic E-state index is 10.4. The van der Waals surface area contributed by atoms with Gasteiger partial charge < -0.3 is 5.11 Å². The predicted octanol–water partition coefficient (Wildman–Crippen LogP) is 6.58. The SMILES string of the molecule is CCCCCCC1CCCC1CCCCCCCCC(=O)O. The Labute approximate surface area is 138 Å². The molecule has 1 aliphatic carbocycles. The molecule has 2 unspecified atom stereocenters. The molecule has 0 aliphatic heterocycles. The maximum Gasteiger partial charge on any atom is 0.303 e. The quantitative estimate of drug-likeness (QED) is 0.368. The summed E-state index contributed by atoms with van der Waals surface area (Å²) in [6.07, 6.45) is 20.6. The van der Waals surface area contributed by atoms with Crippen molar-refractivity contribution in [2.75, 3.05) is 0 Å². The summed E-state index contributed by atoms with van der Waals surface area (Å²) in [7, 11) is 0. The number of carboxylic acids is 1. The average molecular weight is 311 g/mol. The number of rotatable bonds is 14. The maximum absolute atomic E-state index is 10.4. The Bertz CT molecular complexity index is 275. The molecule has 0 heterocycles. The highest BCUT2D eigenvalue weighted by Gasteiger charge is 2.25. The molecular formula is C20H38O2. The number of aliphatic carboxylic acids is 1. The predicted molar refractivity (Wildman–Crippen MR) is 94.2 cm³/mol. The topological polar surface area (TPSA) is 37.3 Å². The molecule has 1 aliphatic rings. The Hall–Kier alpha value is -0.530. The van der Waals surface area contributed by atoms with Crippen LogP contribution in [0, 0.1) is 11.8 Å². The highest BCUT2D eigenvalue weighted by atomic mass is 16.4. The molecule has 1 fully saturated rings. The fourth-order valence-electron chi connectivity index (χ4n) is 4.10. The second-order valence-electron chi connectivity index (χ2n) is 7.35. The minimum absolute atomic E-state index is 0.349. The molecule has 1 saturated carbocycles. The molecule has 22 heavy (non-hydrogen) atoms. The molecule has 0 aromatic heterocycles. The average Bonchev–Trinajstić information content (AvgIpc) is 2.93. The van der Waals surface area contributed by atoms with Crippen molar-refractivity contribution in [1.82, 2.24) is 0 Å². The van der Waals surface area contributed by atoms with Crippen molar-refractivity contribution in [3.05, 3.63) is 0 Å². The summed E-state index contributed by atoms with van der Waals surface area (Å²) in [4.78, 5) is 10.4. The van der Waals surface area contributed by atoms with Crippen LogP contribution < -0.4 is 0 Å². The first-order valence-electron chi connectivity index (χ1n) is 9.95. The second kappa shape index (κ2) is 13.0. The molecule has 2 atom stereocenters. The molecule has 0 bridgehead atoms. The molecule has 1 N–H and O–H groups in total. The zero-order valence-electron chi connectivity index (χ0n) is 14.8. The fraction of sp³-hybridized carbons (Fsp3) is 0.950. The molecule has 0 radical (unpaired) electrons. The summed E-state index contributed by atoms with van der Waals surface area (Å²) in [5, 5.41) is 8.59. The van der Waals surface area contributed by atoms with Gasteiger partial charge in [0.15, 0.2) is 0 Å². The lowest BCUT2D eigenvalue weighted by Crippen LogP contribution is -2.08. The van der Waals surface area contributed by atoms with Crippen LogP contribution in [0.1, 0.15) is 110 Å². The molecular weight excluding hydrogens is 272 g/mol. The Morgan fingerprint density at radius 1 is 0.818 bits per heavy atom. The molecule has 130 valence electrons. The van der Waals surface area contributed by atoms with E-state index in [-0.39, 0.29) is 0 Å². The minimum Gasteiger partial charge on any atom is -0.481 e. The van der Waals surface area contributed by atoms with Gasteiger partial charge in [-0.2, -0.15) is 0 Å². The van der Waals surface area contributed by atoms with Gasteiger partial charge in [0.25, 0.3) is 0 Å². The minimum atomic E-state index is -0.647. The summed E-state index contributed by atoms with van der Waals surface area (Å²) in [5.41, 5.74) is 0. The zero-order valence-corrected chi connectivity index (χ0v) is 14.8. The van der Waals surface area contributed by atoms with Gasteiger partial charge in [0.2, 0.25) is 0 Å². The Morgan fingerprint density at radius 3 is 1.86 bits per heavy atom. The molecule has 0 aromatic carbocycles.